The van der Waals surface area contributed by atoms with Crippen LogP contribution in [0.5, 0.6) is 11.5 Å². The normalized spacial score (nSPS) is 10.8. The maximum absolute atomic E-state index is 11.9. The fraction of sp³-hybridized carbons (Fsp3) is 0.312. The molecular weight excluding hydrogens is 314 g/mol. The maximum atomic E-state index is 11.9. The van der Waals surface area contributed by atoms with E-state index in [1.54, 1.807) is 13.2 Å². The molecule has 0 atom stereocenters. The SMILES string of the molecule is COCCCNC(=O)CNC(=O)/C(C#N)=C/c1ccc(O)c(O)c1. The van der Waals surface area contributed by atoms with Gasteiger partial charge in [-0.25, -0.2) is 0 Å². The van der Waals surface area contributed by atoms with Crippen molar-refractivity contribution in [1.82, 2.24) is 10.6 Å². The standard InChI is InChI=1S/C16H19N3O5/c1-24-6-2-5-18-15(22)10-19-16(23)12(9-17)7-11-3-4-13(20)14(21)8-11/h3-4,7-8,20-21H,2,5-6,10H2,1H3,(H,18,22)(H,19,23)/b12-7+. The molecule has 8 nitrogen and oxygen atoms in total. The van der Waals surface area contributed by atoms with Gasteiger partial charge in [0.1, 0.15) is 11.6 Å². The molecule has 1 aromatic rings. The number of nitrogens with zero attached hydrogens (tertiary/aromatic N) is 1. The van der Waals surface area contributed by atoms with Gasteiger partial charge in [0.15, 0.2) is 11.5 Å². The molecular formula is C16H19N3O5. The first-order valence-corrected chi connectivity index (χ1v) is 7.15. The number of phenols is 2. The molecule has 0 saturated carbocycles. The highest BCUT2D eigenvalue weighted by Gasteiger charge is 2.11. The van der Waals surface area contributed by atoms with Gasteiger partial charge in [-0.15, -0.1) is 0 Å². The highest BCUT2D eigenvalue weighted by Crippen LogP contribution is 2.25. The van der Waals surface area contributed by atoms with E-state index in [0.717, 1.165) is 0 Å². The number of nitriles is 1. The van der Waals surface area contributed by atoms with Crippen LogP contribution >= 0.6 is 0 Å². The molecule has 0 aromatic heterocycles. The van der Waals surface area contributed by atoms with Crippen molar-refractivity contribution in [1.29, 1.82) is 5.26 Å². The predicted octanol–water partition coefficient (Wildman–Crippen LogP) is 0.274. The molecule has 2 amide bonds. The van der Waals surface area contributed by atoms with Gasteiger partial charge in [-0.05, 0) is 30.2 Å². The summed E-state index contributed by atoms with van der Waals surface area (Å²) < 4.78 is 4.84. The Morgan fingerprint density at radius 1 is 1.29 bits per heavy atom. The van der Waals surface area contributed by atoms with E-state index in [0.29, 0.717) is 25.1 Å². The monoisotopic (exact) mass is 333 g/mol. The van der Waals surface area contributed by atoms with Crippen LogP contribution in [0.25, 0.3) is 6.08 Å². The van der Waals surface area contributed by atoms with Crippen molar-refractivity contribution in [3.8, 4) is 17.6 Å². The molecule has 0 unspecified atom stereocenters. The van der Waals surface area contributed by atoms with E-state index < -0.39 is 5.91 Å². The van der Waals surface area contributed by atoms with Gasteiger partial charge < -0.3 is 25.6 Å². The molecule has 0 fully saturated rings. The summed E-state index contributed by atoms with van der Waals surface area (Å²) in [5.41, 5.74) is 0.133. The van der Waals surface area contributed by atoms with E-state index in [2.05, 4.69) is 10.6 Å². The first kappa shape index (κ1) is 19.0. The fourth-order valence-corrected chi connectivity index (χ4v) is 1.71. The Labute approximate surface area is 139 Å². The molecule has 24 heavy (non-hydrogen) atoms. The minimum atomic E-state index is -0.711. The van der Waals surface area contributed by atoms with E-state index >= 15 is 0 Å². The van der Waals surface area contributed by atoms with Gasteiger partial charge in [-0.3, -0.25) is 9.59 Å². The topological polar surface area (TPSA) is 132 Å². The molecule has 0 saturated heterocycles. The lowest BCUT2D eigenvalue weighted by atomic mass is 10.1. The summed E-state index contributed by atoms with van der Waals surface area (Å²) in [6.07, 6.45) is 1.90. The Morgan fingerprint density at radius 2 is 2.04 bits per heavy atom. The van der Waals surface area contributed by atoms with E-state index in [4.69, 9.17) is 10.00 Å². The van der Waals surface area contributed by atoms with Crippen molar-refractivity contribution in [2.75, 3.05) is 26.8 Å². The lowest BCUT2D eigenvalue weighted by molar-refractivity contribution is -0.124. The van der Waals surface area contributed by atoms with E-state index in [1.165, 1.54) is 24.3 Å². The Kier molecular flexibility index (Phi) is 7.81. The third-order valence-corrected chi connectivity index (χ3v) is 2.93. The first-order chi connectivity index (χ1) is 11.5. The Morgan fingerprint density at radius 3 is 2.67 bits per heavy atom. The number of hydrogen-bond donors (Lipinski definition) is 4. The number of nitrogens with one attached hydrogen (secondary N) is 2. The number of carbonyl (C=O) groups excluding carboxylic acids is 2. The lowest BCUT2D eigenvalue weighted by Gasteiger charge is -2.06. The fourth-order valence-electron chi connectivity index (χ4n) is 1.71. The second kappa shape index (κ2) is 9.86. The summed E-state index contributed by atoms with van der Waals surface area (Å²) in [6, 6.07) is 5.61. The summed E-state index contributed by atoms with van der Waals surface area (Å²) in [4.78, 5) is 23.4. The minimum absolute atomic E-state index is 0.229. The average Bonchev–Trinajstić information content (AvgIpc) is 2.57. The van der Waals surface area contributed by atoms with E-state index in [-0.39, 0.29) is 29.5 Å². The molecule has 0 aliphatic rings. The molecule has 0 bridgehead atoms. The zero-order valence-electron chi connectivity index (χ0n) is 13.2. The van der Waals surface area contributed by atoms with Gasteiger partial charge in [-0.2, -0.15) is 5.26 Å². The number of benzene rings is 1. The summed E-state index contributed by atoms with van der Waals surface area (Å²) >= 11 is 0. The molecule has 0 radical (unpaired) electrons. The number of amides is 2. The number of aromatic hydroxyl groups is 2. The van der Waals surface area contributed by atoms with Crippen LogP contribution in [0.4, 0.5) is 0 Å². The number of rotatable bonds is 8. The van der Waals surface area contributed by atoms with Crippen LogP contribution in [-0.2, 0) is 14.3 Å². The highest BCUT2D eigenvalue weighted by atomic mass is 16.5. The molecule has 1 rings (SSSR count). The number of methoxy groups -OCH3 is 1. The van der Waals surface area contributed by atoms with Gasteiger partial charge in [0.25, 0.3) is 5.91 Å². The third kappa shape index (κ3) is 6.37. The molecule has 0 aliphatic carbocycles. The van der Waals surface area contributed by atoms with Crippen LogP contribution in [-0.4, -0.2) is 48.8 Å². The largest absolute Gasteiger partial charge is 0.504 e. The maximum Gasteiger partial charge on any atom is 0.262 e. The van der Waals surface area contributed by atoms with Crippen molar-refractivity contribution in [2.45, 2.75) is 6.42 Å². The average molecular weight is 333 g/mol. The van der Waals surface area contributed by atoms with Gasteiger partial charge in [0, 0.05) is 20.3 Å². The van der Waals surface area contributed by atoms with Crippen LogP contribution in [0.15, 0.2) is 23.8 Å². The zero-order valence-corrected chi connectivity index (χ0v) is 13.2. The van der Waals surface area contributed by atoms with Crippen molar-refractivity contribution in [2.24, 2.45) is 0 Å². The molecule has 128 valence electrons. The highest BCUT2D eigenvalue weighted by molar-refractivity contribution is 6.03. The molecule has 0 spiro atoms. The van der Waals surface area contributed by atoms with Gasteiger partial charge in [0.2, 0.25) is 5.91 Å². The number of ether oxygens (including phenoxy) is 1. The summed E-state index contributed by atoms with van der Waals surface area (Å²) in [5, 5.41) is 32.6. The van der Waals surface area contributed by atoms with Crippen molar-refractivity contribution in [3.63, 3.8) is 0 Å². The summed E-state index contributed by atoms with van der Waals surface area (Å²) in [7, 11) is 1.56. The Hall–Kier alpha value is -3.05. The predicted molar refractivity (Wildman–Crippen MR) is 85.9 cm³/mol. The van der Waals surface area contributed by atoms with Crippen LogP contribution in [0.1, 0.15) is 12.0 Å². The van der Waals surface area contributed by atoms with E-state index in [9.17, 15) is 19.8 Å². The second-order valence-electron chi connectivity index (χ2n) is 4.80. The molecule has 0 aliphatic heterocycles. The quantitative estimate of drug-likeness (QED) is 0.234. The zero-order chi connectivity index (χ0) is 17.9. The summed E-state index contributed by atoms with van der Waals surface area (Å²) in [5.74, 6) is -1.76. The van der Waals surface area contributed by atoms with Crippen LogP contribution in [0, 0.1) is 11.3 Å². The number of hydrogen-bond acceptors (Lipinski definition) is 6. The van der Waals surface area contributed by atoms with Gasteiger partial charge >= 0.3 is 0 Å². The first-order valence-electron chi connectivity index (χ1n) is 7.15. The van der Waals surface area contributed by atoms with Crippen LogP contribution in [0.2, 0.25) is 0 Å². The minimum Gasteiger partial charge on any atom is -0.504 e. The Balaban J connectivity index is 2.57. The van der Waals surface area contributed by atoms with Crippen molar-refractivity contribution in [3.05, 3.63) is 29.3 Å². The number of phenolic OH excluding ortho intramolecular Hbond substituents is 2. The lowest BCUT2D eigenvalue weighted by Crippen LogP contribution is -2.37. The van der Waals surface area contributed by atoms with Crippen LogP contribution < -0.4 is 10.6 Å². The van der Waals surface area contributed by atoms with Crippen molar-refractivity contribution < 1.29 is 24.5 Å². The van der Waals surface area contributed by atoms with Gasteiger partial charge in [-0.1, -0.05) is 6.07 Å². The van der Waals surface area contributed by atoms with Crippen molar-refractivity contribution >= 4 is 17.9 Å². The smallest absolute Gasteiger partial charge is 0.262 e. The molecule has 0 heterocycles. The third-order valence-electron chi connectivity index (χ3n) is 2.93. The molecule has 1 aromatic carbocycles. The second-order valence-corrected chi connectivity index (χ2v) is 4.80. The molecule has 8 heteroatoms. The van der Waals surface area contributed by atoms with Gasteiger partial charge in [0.05, 0.1) is 6.54 Å². The Bertz CT molecular complexity index is 664. The van der Waals surface area contributed by atoms with Crippen LogP contribution in [0.3, 0.4) is 0 Å². The molecule has 4 N–H and O–H groups in total. The number of carbonyl (C=O) groups is 2. The summed E-state index contributed by atoms with van der Waals surface area (Å²) in [6.45, 7) is 0.690. The van der Waals surface area contributed by atoms with E-state index in [1.807, 2.05) is 0 Å².